The minimum absolute atomic E-state index is 0.222. The van der Waals surface area contributed by atoms with Crippen molar-refractivity contribution in [3.05, 3.63) is 0 Å². The van der Waals surface area contributed by atoms with Gasteiger partial charge in [-0.2, -0.15) is 0 Å². The molecule has 0 heterocycles. The van der Waals surface area contributed by atoms with Crippen LogP contribution < -0.4 is 0 Å². The molecular weight excluding hydrogens is 366 g/mol. The minimum atomic E-state index is -0.897. The first-order chi connectivity index (χ1) is 14.0. The molecule has 0 aromatic rings. The van der Waals surface area contributed by atoms with Crippen LogP contribution in [-0.2, 0) is 9.59 Å². The Morgan fingerprint density at radius 1 is 0.621 bits per heavy atom. The standard InChI is InChI=1S/C21H41NO2.C3H6O2/c1-3-4-5-6-7-8-9-10-11-12-13-14-15-16-17-18-19-22-20(2)21(23)24;1-2-3(4)5/h3-19H2,1-2H3,(H,23,24);2H2,1H3,(H,4,5). The molecule has 2 N–H and O–H groups in total. The molecule has 0 fully saturated rings. The fourth-order valence-corrected chi connectivity index (χ4v) is 2.97. The van der Waals surface area contributed by atoms with E-state index >= 15 is 0 Å². The van der Waals surface area contributed by atoms with Crippen molar-refractivity contribution in [1.82, 2.24) is 0 Å². The number of carboxylic acid groups (broad SMARTS) is 2. The number of carboxylic acids is 2. The van der Waals surface area contributed by atoms with E-state index in [0.29, 0.717) is 6.54 Å². The normalized spacial score (nSPS) is 11.1. The van der Waals surface area contributed by atoms with Crippen molar-refractivity contribution in [2.24, 2.45) is 4.99 Å². The maximum absolute atomic E-state index is 10.6. The molecule has 0 bridgehead atoms. The highest BCUT2D eigenvalue weighted by Gasteiger charge is 1.99. The molecule has 0 unspecified atom stereocenters. The zero-order chi connectivity index (χ0) is 22.2. The number of nitrogens with zero attached hydrogens (tertiary/aromatic N) is 1. The third-order valence-electron chi connectivity index (χ3n) is 4.97. The predicted octanol–water partition coefficient (Wildman–Crippen LogP) is 7.27. The van der Waals surface area contributed by atoms with E-state index in [0.717, 1.165) is 6.42 Å². The second-order valence-electron chi connectivity index (χ2n) is 7.82. The Morgan fingerprint density at radius 3 is 1.21 bits per heavy atom. The number of hydrogen-bond donors (Lipinski definition) is 2. The van der Waals surface area contributed by atoms with Crippen molar-refractivity contribution < 1.29 is 19.8 Å². The van der Waals surface area contributed by atoms with Crippen LogP contribution in [0.15, 0.2) is 4.99 Å². The molecule has 0 spiro atoms. The third-order valence-corrected chi connectivity index (χ3v) is 4.97. The summed E-state index contributed by atoms with van der Waals surface area (Å²) in [5.41, 5.74) is 0.232. The lowest BCUT2D eigenvalue weighted by molar-refractivity contribution is -0.136. The highest BCUT2D eigenvalue weighted by atomic mass is 16.4. The number of aliphatic imine (C=N–C) groups is 1. The van der Waals surface area contributed by atoms with Crippen LogP contribution in [-0.4, -0.2) is 34.4 Å². The molecule has 0 aliphatic heterocycles. The van der Waals surface area contributed by atoms with Gasteiger partial charge in [-0.3, -0.25) is 9.79 Å². The van der Waals surface area contributed by atoms with Crippen LogP contribution in [0.1, 0.15) is 130 Å². The zero-order valence-electron chi connectivity index (χ0n) is 19.4. The number of hydrogen-bond acceptors (Lipinski definition) is 3. The fourth-order valence-electron chi connectivity index (χ4n) is 2.97. The molecule has 0 aliphatic carbocycles. The Hall–Kier alpha value is -1.39. The first-order valence-corrected chi connectivity index (χ1v) is 11.9. The highest BCUT2D eigenvalue weighted by molar-refractivity contribution is 6.34. The van der Waals surface area contributed by atoms with Crippen molar-refractivity contribution in [3.63, 3.8) is 0 Å². The van der Waals surface area contributed by atoms with E-state index in [2.05, 4.69) is 11.9 Å². The van der Waals surface area contributed by atoms with Crippen LogP contribution in [0.25, 0.3) is 0 Å². The van der Waals surface area contributed by atoms with Gasteiger partial charge in [0.25, 0.3) is 0 Å². The predicted molar refractivity (Wildman–Crippen MR) is 123 cm³/mol. The Balaban J connectivity index is 0. The number of carbonyl (C=O) groups is 2. The second kappa shape index (κ2) is 24.6. The van der Waals surface area contributed by atoms with Crippen molar-refractivity contribution in [2.45, 2.75) is 130 Å². The van der Waals surface area contributed by atoms with Gasteiger partial charge in [0.1, 0.15) is 5.71 Å². The van der Waals surface area contributed by atoms with E-state index in [1.807, 2.05) is 0 Å². The summed E-state index contributed by atoms with van der Waals surface area (Å²) < 4.78 is 0. The maximum Gasteiger partial charge on any atom is 0.349 e. The van der Waals surface area contributed by atoms with Gasteiger partial charge < -0.3 is 10.2 Å². The molecule has 0 aromatic carbocycles. The second-order valence-corrected chi connectivity index (χ2v) is 7.82. The topological polar surface area (TPSA) is 87.0 Å². The number of unbranched alkanes of at least 4 members (excludes halogenated alkanes) is 15. The van der Waals surface area contributed by atoms with E-state index in [4.69, 9.17) is 10.2 Å². The summed E-state index contributed by atoms with van der Waals surface area (Å²) in [4.78, 5) is 24.0. The average Bonchev–Trinajstić information content (AvgIpc) is 2.70. The lowest BCUT2D eigenvalue weighted by Crippen LogP contribution is -2.08. The Labute approximate surface area is 179 Å². The summed E-state index contributed by atoms with van der Waals surface area (Å²) in [6.07, 6.45) is 21.9. The monoisotopic (exact) mass is 413 g/mol. The molecule has 0 aliphatic rings. The first kappa shape index (κ1) is 29.8. The van der Waals surface area contributed by atoms with Gasteiger partial charge in [0.05, 0.1) is 0 Å². The molecule has 0 aromatic heterocycles. The molecule has 0 rings (SSSR count). The lowest BCUT2D eigenvalue weighted by atomic mass is 10.0. The summed E-state index contributed by atoms with van der Waals surface area (Å²) in [5.74, 6) is -1.64. The number of aliphatic carboxylic acids is 2. The van der Waals surface area contributed by atoms with Gasteiger partial charge in [-0.1, -0.05) is 110 Å². The van der Waals surface area contributed by atoms with Gasteiger partial charge in [-0.15, -0.1) is 0 Å². The molecule has 29 heavy (non-hydrogen) atoms. The highest BCUT2D eigenvalue weighted by Crippen LogP contribution is 2.13. The molecule has 5 heteroatoms. The molecule has 0 saturated heterocycles. The summed E-state index contributed by atoms with van der Waals surface area (Å²) in [7, 11) is 0. The Kier molecular flexibility index (Phi) is 25.3. The van der Waals surface area contributed by atoms with E-state index in [9.17, 15) is 9.59 Å². The summed E-state index contributed by atoms with van der Waals surface area (Å²) in [5, 5.41) is 16.4. The first-order valence-electron chi connectivity index (χ1n) is 11.9. The van der Waals surface area contributed by atoms with Crippen LogP contribution in [0.3, 0.4) is 0 Å². The Morgan fingerprint density at radius 2 is 0.931 bits per heavy atom. The zero-order valence-corrected chi connectivity index (χ0v) is 19.4. The SMILES string of the molecule is CCC(=O)O.CCCCCCCCCCCCCCCCCCN=C(C)C(=O)O. The quantitative estimate of drug-likeness (QED) is 0.172. The van der Waals surface area contributed by atoms with Crippen molar-refractivity contribution in [2.75, 3.05) is 6.54 Å². The fraction of sp³-hybridized carbons (Fsp3) is 0.875. The molecule has 0 radical (unpaired) electrons. The van der Waals surface area contributed by atoms with Gasteiger partial charge in [-0.05, 0) is 13.3 Å². The van der Waals surface area contributed by atoms with Crippen LogP contribution in [0.5, 0.6) is 0 Å². The van der Waals surface area contributed by atoms with Crippen LogP contribution in [0.2, 0.25) is 0 Å². The van der Waals surface area contributed by atoms with Crippen LogP contribution in [0, 0.1) is 0 Å². The summed E-state index contributed by atoms with van der Waals surface area (Å²) >= 11 is 0. The van der Waals surface area contributed by atoms with E-state index in [-0.39, 0.29) is 12.1 Å². The van der Waals surface area contributed by atoms with Crippen LogP contribution in [0.4, 0.5) is 0 Å². The van der Waals surface area contributed by atoms with Crippen molar-refractivity contribution in [1.29, 1.82) is 0 Å². The smallest absolute Gasteiger partial charge is 0.349 e. The number of rotatable bonds is 19. The van der Waals surface area contributed by atoms with Gasteiger partial charge in [0.15, 0.2) is 0 Å². The van der Waals surface area contributed by atoms with Crippen molar-refractivity contribution in [3.8, 4) is 0 Å². The maximum atomic E-state index is 10.6. The lowest BCUT2D eigenvalue weighted by Gasteiger charge is -2.03. The summed E-state index contributed by atoms with van der Waals surface area (Å²) in [6.45, 7) is 6.10. The van der Waals surface area contributed by atoms with Gasteiger partial charge in [-0.25, -0.2) is 4.79 Å². The summed E-state index contributed by atoms with van der Waals surface area (Å²) in [6, 6.07) is 0. The molecule has 0 atom stereocenters. The molecule has 172 valence electrons. The van der Waals surface area contributed by atoms with E-state index in [1.165, 1.54) is 96.3 Å². The van der Waals surface area contributed by atoms with Crippen LogP contribution >= 0.6 is 0 Å². The van der Waals surface area contributed by atoms with E-state index < -0.39 is 11.9 Å². The average molecular weight is 414 g/mol. The van der Waals surface area contributed by atoms with E-state index in [1.54, 1.807) is 13.8 Å². The Bertz CT molecular complexity index is 408. The molecular formula is C24H47NO4. The van der Waals surface area contributed by atoms with Gasteiger partial charge >= 0.3 is 11.9 Å². The van der Waals surface area contributed by atoms with Crippen molar-refractivity contribution >= 4 is 17.7 Å². The molecule has 5 nitrogen and oxygen atoms in total. The molecule has 0 saturated carbocycles. The minimum Gasteiger partial charge on any atom is -0.481 e. The molecule has 0 amide bonds. The third kappa shape index (κ3) is 28.9. The van der Waals surface area contributed by atoms with Gasteiger partial charge in [0.2, 0.25) is 0 Å². The van der Waals surface area contributed by atoms with Gasteiger partial charge in [0, 0.05) is 13.0 Å². The largest absolute Gasteiger partial charge is 0.481 e.